The number of carbonyl (C=O) groups excluding carboxylic acids is 13. The Morgan fingerprint density at radius 1 is 0.322 bits per heavy atom. The lowest BCUT2D eigenvalue weighted by Gasteiger charge is -2.33. The van der Waals surface area contributed by atoms with Crippen molar-refractivity contribution in [2.75, 3.05) is 55.7 Å². The summed E-state index contributed by atoms with van der Waals surface area (Å²) in [6, 6.07) is -6.16. The number of H-pyrrole nitrogens is 4. The van der Waals surface area contributed by atoms with E-state index in [9.17, 15) is 76.7 Å². The second kappa shape index (κ2) is 53.4. The number of aromatic nitrogens is 16. The largest absolute Gasteiger partial charge is 0.370 e. The van der Waals surface area contributed by atoms with Crippen LogP contribution in [0, 0.1) is 23.7 Å². The summed E-state index contributed by atoms with van der Waals surface area (Å²) in [5, 5.41) is 35.5. The Balaban J connectivity index is 0.703. The van der Waals surface area contributed by atoms with E-state index >= 15 is 4.79 Å². The molecule has 4 saturated carbocycles. The Bertz CT molecular complexity index is 6060. The zero-order valence-electron chi connectivity index (χ0n) is 81.8. The normalized spacial score (nSPS) is 19.7. The van der Waals surface area contributed by atoms with Gasteiger partial charge in [0, 0.05) is 87.0 Å². The lowest BCUT2D eigenvalue weighted by Crippen LogP contribution is -2.52. The fourth-order valence-electron chi connectivity index (χ4n) is 20.0. The Hall–Kier alpha value is -14.5. The number of rotatable bonds is 54. The number of aromatic amines is 4. The van der Waals surface area contributed by atoms with Gasteiger partial charge in [-0.05, 0) is 129 Å². The standard InChI is InChI=1S/C91H140N38O17/c92-30-13-9-17-47(96)35-64(131)114-60(126-43-103-72-76(126)118-88(98)122-84(72)143)39-69(136)111-56-26-6-2-22-52(56)81(140)107-49(19-11-15-32-94)37-66(133)116-62(128-45-105-74-78(128)120-90(100)124-86(74)145)41-71(138)113-58-28-8-4-24-54(58)83(142)109-50(20-12-16-33-95)38-67(134)117-63(129-46-106-75-79(129)121-91(101)125-87(75)146)42-70(137)112-57-27-7-3-23-53(57)82(141)108-48(18-10-14-31-93)36-65(132)115-61(127-44-104-73-77(127)119-89(99)123-85(73)144)40-68(135)110-55-25-5-1-21-51(55)80(139)102-34-29-59(97)130/h43-58,60-63H,1-42,92-96H2,(H2,97,130)(H,102,139)(H,107,140)(H,108,141)(H,109,142)(H,110,135)(H,111,136)(H,112,137)(H,113,138)(H,114,131)(H,115,132)(H,116,133)(H,117,134)(H3,98,118,122,143)(H3,99,119,123,144)(H3,100,120,124,145)(H3,101,121,125,146)/t47-,48-,49-,50-,51-,52-,53-,54-,55-,56-,57-,58-,60+,61+,62+,63+/m1/s1. The van der Waals surface area contributed by atoms with E-state index in [1.807, 2.05) is 0 Å². The molecule has 0 spiro atoms. The molecule has 0 bridgehead atoms. The van der Waals surface area contributed by atoms with Crippen molar-refractivity contribution < 1.29 is 62.3 Å². The van der Waals surface area contributed by atoms with Crippen molar-refractivity contribution in [3.63, 3.8) is 0 Å². The van der Waals surface area contributed by atoms with E-state index in [1.54, 1.807) is 0 Å². The summed E-state index contributed by atoms with van der Waals surface area (Å²) in [4.78, 5) is 282. The summed E-state index contributed by atoms with van der Waals surface area (Å²) in [5.74, 6) is -11.9. The quantitative estimate of drug-likeness (QED) is 0.0164. The molecular weight excluding hydrogens is 1900 g/mol. The molecule has 0 saturated heterocycles. The average Bonchev–Trinajstić information content (AvgIpc) is 1.66. The highest BCUT2D eigenvalue weighted by molar-refractivity contribution is 5.89. The van der Waals surface area contributed by atoms with E-state index in [2.05, 4.69) is 124 Å². The number of carbonyl (C=O) groups is 13. The van der Waals surface area contributed by atoms with Crippen LogP contribution >= 0.6 is 0 Å². The molecule has 8 heterocycles. The monoisotopic (exact) mass is 2040 g/mol. The molecule has 0 radical (unpaired) electrons. The SMILES string of the molecule is NCCCC[C@@H](N)CC(=O)N[C@H](CC(=O)N[C@@H]1CCCC[C@H]1C(=O)N[C@H](CCCCN)CC(=O)N[C@H](CC(=O)N[C@@H]1CCCC[C@H]1C(=O)N[C@H](CCCCN)CC(=O)N[C@H](CC(=O)N[C@@H]1CCCC[C@H]1C(=O)N[C@H](CCCCN)CC(=O)N[C@H](CC(=O)N[C@@H]1CCCC[C@H]1C(=O)NCCC(N)=O)n1cnc2c(=O)[nH]c(N)nc21)n1cnc2c(=O)[nH]c(N)nc21)n1cnc2c(=O)[nH]c(N)nc21)n1cnc2c(=O)[nH]c(N)nc21. The summed E-state index contributed by atoms with van der Waals surface area (Å²) in [5.41, 5.74) is 55.6. The fraction of sp³-hybridized carbons (Fsp3) is 0.637. The first kappa shape index (κ1) is 110. The number of nitrogens with two attached hydrogens (primary N) is 10. The molecule has 4 aliphatic carbocycles. The predicted octanol–water partition coefficient (Wildman–Crippen LogP) is -3.58. The molecule has 4 fully saturated rings. The number of hydrogen-bond acceptors (Lipinski definition) is 34. The molecular formula is C91H140N38O17. The maximum Gasteiger partial charge on any atom is 0.280 e. The number of fused-ring (bicyclic) bond motifs is 4. The summed E-state index contributed by atoms with van der Waals surface area (Å²) in [7, 11) is 0. The molecule has 36 N–H and O–H groups in total. The lowest BCUT2D eigenvalue weighted by molar-refractivity contribution is -0.132. The highest BCUT2D eigenvalue weighted by atomic mass is 16.2. The van der Waals surface area contributed by atoms with Crippen LogP contribution in [-0.4, -0.2) is 236 Å². The topological polar surface area (TPSA) is 881 Å². The highest BCUT2D eigenvalue weighted by Gasteiger charge is 2.41. The molecule has 0 aromatic carbocycles. The zero-order valence-corrected chi connectivity index (χ0v) is 81.8. The molecule has 55 heteroatoms. The van der Waals surface area contributed by atoms with Crippen LogP contribution in [0.2, 0.25) is 0 Å². The van der Waals surface area contributed by atoms with Gasteiger partial charge >= 0.3 is 0 Å². The number of amides is 13. The minimum absolute atomic E-state index is 0.00637. The number of imidazole rings is 4. The third-order valence-corrected chi connectivity index (χ3v) is 27.3. The van der Waals surface area contributed by atoms with Gasteiger partial charge in [-0.25, -0.2) is 19.9 Å². The van der Waals surface area contributed by atoms with Gasteiger partial charge in [-0.2, -0.15) is 19.9 Å². The maximum atomic E-state index is 15.1. The number of nitrogen functional groups attached to an aromatic ring is 4. The molecule has 8 aromatic rings. The van der Waals surface area contributed by atoms with Gasteiger partial charge in [0.15, 0.2) is 44.7 Å². The van der Waals surface area contributed by atoms with Crippen molar-refractivity contribution in [3.8, 4) is 0 Å². The predicted molar refractivity (Wildman–Crippen MR) is 534 cm³/mol. The van der Waals surface area contributed by atoms with E-state index in [1.165, 1.54) is 43.6 Å². The van der Waals surface area contributed by atoms with Crippen molar-refractivity contribution in [2.45, 2.75) is 311 Å². The van der Waals surface area contributed by atoms with E-state index < -0.39 is 222 Å². The number of unbranched alkanes of at least 4 members (excludes halogenated alkanes) is 4. The van der Waals surface area contributed by atoms with Gasteiger partial charge in [-0.1, -0.05) is 77.0 Å². The van der Waals surface area contributed by atoms with Crippen LogP contribution in [0.1, 0.15) is 262 Å². The van der Waals surface area contributed by atoms with Crippen molar-refractivity contribution in [3.05, 3.63) is 66.7 Å². The van der Waals surface area contributed by atoms with Gasteiger partial charge < -0.3 is 121 Å². The van der Waals surface area contributed by atoms with Crippen LogP contribution in [0.25, 0.3) is 44.7 Å². The number of primary amides is 1. The minimum atomic E-state index is -1.37. The first-order valence-corrected chi connectivity index (χ1v) is 50.4. The molecule has 146 heavy (non-hydrogen) atoms. The Labute approximate surface area is 836 Å². The summed E-state index contributed by atoms with van der Waals surface area (Å²) < 4.78 is 5.27. The van der Waals surface area contributed by atoms with Crippen molar-refractivity contribution in [2.24, 2.45) is 58.1 Å². The molecule has 13 amide bonds. The van der Waals surface area contributed by atoms with Gasteiger partial charge in [-0.15, -0.1) is 0 Å². The second-order valence-corrected chi connectivity index (χ2v) is 38.3. The number of anilines is 4. The van der Waals surface area contributed by atoms with E-state index in [4.69, 9.17) is 57.3 Å². The third kappa shape index (κ3) is 30.8. The number of hydrogen-bond donors (Lipinski definition) is 26. The van der Waals surface area contributed by atoms with Gasteiger partial charge in [0.2, 0.25) is 101 Å². The molecule has 8 aromatic heterocycles. The Kier molecular flexibility index (Phi) is 40.3. The first-order chi connectivity index (χ1) is 70.1. The van der Waals surface area contributed by atoms with Crippen LogP contribution in [-0.2, 0) is 62.3 Å². The number of nitrogens with one attached hydrogen (secondary N) is 16. The summed E-state index contributed by atoms with van der Waals surface area (Å²) >= 11 is 0. The van der Waals surface area contributed by atoms with Crippen molar-refractivity contribution in [1.82, 2.24) is 142 Å². The summed E-state index contributed by atoms with van der Waals surface area (Å²) in [6.45, 7) is 1.29. The Morgan fingerprint density at radius 2 is 0.568 bits per heavy atom. The minimum Gasteiger partial charge on any atom is -0.370 e. The second-order valence-electron chi connectivity index (χ2n) is 38.3. The van der Waals surface area contributed by atoms with Gasteiger partial charge in [0.1, 0.15) is 24.7 Å². The average molecular weight is 2040 g/mol. The van der Waals surface area contributed by atoms with Gasteiger partial charge in [-0.3, -0.25) is 120 Å². The highest BCUT2D eigenvalue weighted by Crippen LogP contribution is 2.33. The van der Waals surface area contributed by atoms with Crippen LogP contribution in [0.3, 0.4) is 0 Å². The van der Waals surface area contributed by atoms with Crippen LogP contribution in [0.15, 0.2) is 44.5 Å². The maximum absolute atomic E-state index is 15.1. The molecule has 16 atom stereocenters. The van der Waals surface area contributed by atoms with Crippen LogP contribution in [0.4, 0.5) is 23.8 Å². The molecule has 12 rings (SSSR count). The van der Waals surface area contributed by atoms with Crippen molar-refractivity contribution >= 4 is 145 Å². The fourth-order valence-corrected chi connectivity index (χ4v) is 20.0. The van der Waals surface area contributed by atoms with Gasteiger partial charge in [0.05, 0.1) is 74.7 Å². The van der Waals surface area contributed by atoms with E-state index in [0.717, 1.165) is 0 Å². The number of nitrogens with zero attached hydrogens (tertiary/aromatic N) is 12. The smallest absolute Gasteiger partial charge is 0.280 e. The first-order valence-electron chi connectivity index (χ1n) is 50.4. The third-order valence-electron chi connectivity index (χ3n) is 27.3. The van der Waals surface area contributed by atoms with Crippen LogP contribution in [0.5, 0.6) is 0 Å². The molecule has 0 aliphatic heterocycles. The Morgan fingerprint density at radius 3 is 0.829 bits per heavy atom. The molecule has 55 nitrogen and oxygen atoms in total. The lowest BCUT2D eigenvalue weighted by atomic mass is 9.83. The van der Waals surface area contributed by atoms with Crippen LogP contribution < -0.4 is 143 Å². The molecule has 796 valence electrons. The van der Waals surface area contributed by atoms with Crippen molar-refractivity contribution in [1.29, 1.82) is 0 Å². The molecule has 0 unspecified atom stereocenters. The van der Waals surface area contributed by atoms with E-state index in [-0.39, 0.29) is 152 Å². The summed E-state index contributed by atoms with van der Waals surface area (Å²) in [6.07, 6.45) is 9.69. The van der Waals surface area contributed by atoms with Gasteiger partial charge in [0.25, 0.3) is 22.2 Å². The zero-order chi connectivity index (χ0) is 105. The molecule has 4 aliphatic rings. The van der Waals surface area contributed by atoms with E-state index in [0.29, 0.717) is 161 Å².